The Kier molecular flexibility index (Phi) is 3.32. The Balaban J connectivity index is 2.75. The predicted molar refractivity (Wildman–Crippen MR) is 54.3 cm³/mol. The first-order valence-electron chi connectivity index (χ1n) is 3.68. The van der Waals surface area contributed by atoms with Crippen LogP contribution in [0.15, 0.2) is 6.07 Å². The number of nitrogens with one attached hydrogen (secondary N) is 2. The zero-order valence-corrected chi connectivity index (χ0v) is 9.44. The molecule has 1 aromatic heterocycles. The first-order chi connectivity index (χ1) is 6.07. The number of rotatable bonds is 4. The molecule has 0 fully saturated rings. The van der Waals surface area contributed by atoms with Gasteiger partial charge in [0, 0.05) is 11.8 Å². The van der Waals surface area contributed by atoms with Gasteiger partial charge in [-0.15, -0.1) is 0 Å². The Bertz CT molecular complexity index is 373. The monoisotopic (exact) mass is 267 g/mol. The normalized spacial score (nSPS) is 11.5. The van der Waals surface area contributed by atoms with Gasteiger partial charge in [0.15, 0.2) is 5.82 Å². The number of H-pyrrole nitrogens is 1. The highest BCUT2D eigenvalue weighted by Crippen LogP contribution is 2.08. The van der Waals surface area contributed by atoms with Crippen molar-refractivity contribution in [1.82, 2.24) is 10.2 Å². The number of aromatic amines is 1. The van der Waals surface area contributed by atoms with Crippen molar-refractivity contribution in [2.24, 2.45) is 0 Å². The Morgan fingerprint density at radius 2 is 2.38 bits per heavy atom. The van der Waals surface area contributed by atoms with E-state index in [0.717, 1.165) is 12.1 Å². The summed E-state index contributed by atoms with van der Waals surface area (Å²) in [6.45, 7) is 1.95. The van der Waals surface area contributed by atoms with Crippen LogP contribution in [0.5, 0.6) is 0 Å². The second-order valence-corrected chi connectivity index (χ2v) is 5.48. The summed E-state index contributed by atoms with van der Waals surface area (Å²) in [4.78, 5) is 0. The topological polar surface area (TPSA) is 74.8 Å². The Morgan fingerprint density at radius 1 is 1.69 bits per heavy atom. The van der Waals surface area contributed by atoms with Crippen LogP contribution in [0, 0.1) is 0 Å². The quantitative estimate of drug-likeness (QED) is 0.802. The van der Waals surface area contributed by atoms with Gasteiger partial charge < -0.3 is 0 Å². The molecule has 74 valence electrons. The minimum Gasteiger partial charge on any atom is -0.280 e. The molecule has 0 bridgehead atoms. The number of sulfonamides is 1. The van der Waals surface area contributed by atoms with E-state index in [9.17, 15) is 8.42 Å². The average molecular weight is 268 g/mol. The third-order valence-electron chi connectivity index (χ3n) is 1.42. The minimum absolute atomic E-state index is 0.131. The predicted octanol–water partition coefficient (Wildman–Crippen LogP) is 1.07. The molecule has 0 amide bonds. The third-order valence-corrected chi connectivity index (χ3v) is 4.03. The highest BCUT2D eigenvalue weighted by atomic mass is 79.9. The molecule has 0 radical (unpaired) electrons. The van der Waals surface area contributed by atoms with E-state index >= 15 is 0 Å². The number of anilines is 1. The van der Waals surface area contributed by atoms with E-state index in [1.807, 2.05) is 6.92 Å². The molecular formula is C6H10BrN3O2S. The summed E-state index contributed by atoms with van der Waals surface area (Å²) in [6.07, 6.45) is 0.795. The minimum atomic E-state index is -3.28. The van der Waals surface area contributed by atoms with Gasteiger partial charge in [0.05, 0.1) is 0 Å². The van der Waals surface area contributed by atoms with Gasteiger partial charge in [-0.3, -0.25) is 9.82 Å². The average Bonchev–Trinajstić information content (AvgIpc) is 2.52. The fraction of sp³-hybridized carbons (Fsp3) is 0.500. The molecule has 0 aliphatic heterocycles. The van der Waals surface area contributed by atoms with Gasteiger partial charge in [-0.05, 0) is 6.42 Å². The summed E-state index contributed by atoms with van der Waals surface area (Å²) in [6, 6.07) is 1.67. The van der Waals surface area contributed by atoms with E-state index in [2.05, 4.69) is 30.8 Å². The maximum Gasteiger partial charge on any atom is 0.243 e. The van der Waals surface area contributed by atoms with E-state index in [1.165, 1.54) is 0 Å². The highest BCUT2D eigenvalue weighted by molar-refractivity contribution is 9.10. The molecule has 2 N–H and O–H groups in total. The Labute approximate surface area is 85.1 Å². The second kappa shape index (κ2) is 4.10. The highest BCUT2D eigenvalue weighted by Gasteiger charge is 2.09. The summed E-state index contributed by atoms with van der Waals surface area (Å²) in [5.74, 6) is 0.330. The van der Waals surface area contributed by atoms with Crippen molar-refractivity contribution in [1.29, 1.82) is 0 Å². The smallest absolute Gasteiger partial charge is 0.243 e. The molecule has 1 rings (SSSR count). The van der Waals surface area contributed by atoms with Crippen LogP contribution in [-0.4, -0.2) is 23.3 Å². The summed E-state index contributed by atoms with van der Waals surface area (Å²) in [5, 5.41) is 6.49. The molecule has 0 atom stereocenters. The SMILES string of the molecule is CCc1cc(NS(=O)(=O)CBr)n[nH]1. The van der Waals surface area contributed by atoms with E-state index in [4.69, 9.17) is 0 Å². The fourth-order valence-electron chi connectivity index (χ4n) is 0.782. The van der Waals surface area contributed by atoms with Gasteiger partial charge in [-0.1, -0.05) is 22.9 Å². The van der Waals surface area contributed by atoms with Crippen molar-refractivity contribution in [3.63, 3.8) is 0 Å². The van der Waals surface area contributed by atoms with Gasteiger partial charge in [0.25, 0.3) is 0 Å². The summed E-state index contributed by atoms with van der Waals surface area (Å²) in [5.41, 5.74) is 0.896. The van der Waals surface area contributed by atoms with E-state index < -0.39 is 10.0 Å². The summed E-state index contributed by atoms with van der Waals surface area (Å²) < 4.78 is 24.3. The van der Waals surface area contributed by atoms with Crippen LogP contribution in [0.2, 0.25) is 0 Å². The third kappa shape index (κ3) is 3.00. The maximum atomic E-state index is 11.1. The fourth-order valence-corrected chi connectivity index (χ4v) is 1.60. The van der Waals surface area contributed by atoms with E-state index in [0.29, 0.717) is 5.82 Å². The molecule has 0 aromatic carbocycles. The lowest BCUT2D eigenvalue weighted by Gasteiger charge is -1.98. The number of hydrogen-bond donors (Lipinski definition) is 2. The Morgan fingerprint density at radius 3 is 2.85 bits per heavy atom. The number of nitrogens with zero attached hydrogens (tertiary/aromatic N) is 1. The summed E-state index contributed by atoms with van der Waals surface area (Å²) >= 11 is 2.86. The van der Waals surface area contributed by atoms with Gasteiger partial charge in [0.2, 0.25) is 10.0 Å². The van der Waals surface area contributed by atoms with Gasteiger partial charge in [-0.2, -0.15) is 5.10 Å². The van der Waals surface area contributed by atoms with Crippen LogP contribution in [0.25, 0.3) is 0 Å². The van der Waals surface area contributed by atoms with Crippen molar-refractivity contribution in [3.05, 3.63) is 11.8 Å². The zero-order valence-electron chi connectivity index (χ0n) is 7.04. The van der Waals surface area contributed by atoms with E-state index in [-0.39, 0.29) is 4.66 Å². The molecule has 0 aliphatic rings. The lowest BCUT2D eigenvalue weighted by atomic mass is 10.3. The van der Waals surface area contributed by atoms with Crippen LogP contribution >= 0.6 is 15.9 Å². The first kappa shape index (κ1) is 10.5. The first-order valence-corrected chi connectivity index (χ1v) is 6.45. The molecule has 1 heterocycles. The molecular weight excluding hydrogens is 258 g/mol. The molecule has 7 heteroatoms. The van der Waals surface area contributed by atoms with Crippen LogP contribution < -0.4 is 4.72 Å². The molecule has 0 saturated carbocycles. The van der Waals surface area contributed by atoms with Crippen LogP contribution in [0.3, 0.4) is 0 Å². The number of aromatic nitrogens is 2. The van der Waals surface area contributed by atoms with Gasteiger partial charge in [-0.25, -0.2) is 8.42 Å². The number of aryl methyl sites for hydroxylation is 1. The molecule has 0 spiro atoms. The number of hydrogen-bond acceptors (Lipinski definition) is 3. The van der Waals surface area contributed by atoms with Crippen molar-refractivity contribution in [3.8, 4) is 0 Å². The van der Waals surface area contributed by atoms with Gasteiger partial charge in [0.1, 0.15) is 4.66 Å². The lowest BCUT2D eigenvalue weighted by Crippen LogP contribution is -2.13. The van der Waals surface area contributed by atoms with Crippen LogP contribution in [0.1, 0.15) is 12.6 Å². The maximum absolute atomic E-state index is 11.1. The van der Waals surface area contributed by atoms with Crippen molar-refractivity contribution in [2.45, 2.75) is 13.3 Å². The molecule has 5 nitrogen and oxygen atoms in total. The molecule has 1 aromatic rings. The standard InChI is InChI=1S/C6H10BrN3O2S/c1-2-5-3-6(9-8-5)10-13(11,12)4-7/h3H,2,4H2,1H3,(H2,8,9,10). The molecule has 0 unspecified atom stereocenters. The lowest BCUT2D eigenvalue weighted by molar-refractivity contribution is 0.606. The number of alkyl halides is 1. The Hall–Kier alpha value is -0.560. The molecule has 0 saturated heterocycles. The molecule has 13 heavy (non-hydrogen) atoms. The van der Waals surface area contributed by atoms with Gasteiger partial charge >= 0.3 is 0 Å². The van der Waals surface area contributed by atoms with Crippen LogP contribution in [-0.2, 0) is 16.4 Å². The summed E-state index contributed by atoms with van der Waals surface area (Å²) in [7, 11) is -3.28. The second-order valence-electron chi connectivity index (χ2n) is 2.46. The van der Waals surface area contributed by atoms with Crippen LogP contribution in [0.4, 0.5) is 5.82 Å². The number of halogens is 1. The zero-order chi connectivity index (χ0) is 9.90. The largest absolute Gasteiger partial charge is 0.280 e. The van der Waals surface area contributed by atoms with E-state index in [1.54, 1.807) is 6.07 Å². The van der Waals surface area contributed by atoms with Crippen molar-refractivity contribution in [2.75, 3.05) is 9.38 Å². The van der Waals surface area contributed by atoms with Crippen molar-refractivity contribution >= 4 is 31.8 Å². The molecule has 0 aliphatic carbocycles. The van der Waals surface area contributed by atoms with Crippen molar-refractivity contribution < 1.29 is 8.42 Å².